The van der Waals surface area contributed by atoms with Gasteiger partial charge in [-0.1, -0.05) is 12.1 Å². The molecular formula is C12H12F3N5O. The first-order valence-corrected chi connectivity index (χ1v) is 5.84. The molecule has 0 saturated heterocycles. The van der Waals surface area contributed by atoms with Crippen LogP contribution >= 0.6 is 0 Å². The molecule has 0 spiro atoms. The number of carbonyl (C=O) groups is 1. The lowest BCUT2D eigenvalue weighted by atomic mass is 10.0. The van der Waals surface area contributed by atoms with Gasteiger partial charge in [0.2, 0.25) is 0 Å². The lowest BCUT2D eigenvalue weighted by Gasteiger charge is -2.26. The number of amides is 1. The molecule has 1 aromatic carbocycles. The van der Waals surface area contributed by atoms with E-state index < -0.39 is 17.6 Å². The predicted molar refractivity (Wildman–Crippen MR) is 68.6 cm³/mol. The largest absolute Gasteiger partial charge is 0.415 e. The standard InChI is InChI=1S/C12H12F3N5O/c1-11(16,12(13,14)15)10(21)19-8-4-2-3-5-9(8)20-7-17-6-18-20/h2-7H,16H2,1H3,(H,19,21). The zero-order valence-corrected chi connectivity index (χ0v) is 10.9. The topological polar surface area (TPSA) is 85.8 Å². The van der Waals surface area contributed by atoms with Gasteiger partial charge in [0, 0.05) is 0 Å². The second-order valence-electron chi connectivity index (χ2n) is 4.51. The molecule has 0 aliphatic rings. The van der Waals surface area contributed by atoms with E-state index in [4.69, 9.17) is 5.73 Å². The molecular weight excluding hydrogens is 287 g/mol. The fourth-order valence-electron chi connectivity index (χ4n) is 1.49. The Morgan fingerprint density at radius 1 is 1.33 bits per heavy atom. The second-order valence-corrected chi connectivity index (χ2v) is 4.51. The van der Waals surface area contributed by atoms with Crippen LogP contribution in [-0.2, 0) is 4.79 Å². The van der Waals surface area contributed by atoms with Crippen molar-refractivity contribution in [1.82, 2.24) is 14.8 Å². The molecule has 0 saturated carbocycles. The molecule has 0 bridgehead atoms. The third-order valence-corrected chi connectivity index (χ3v) is 2.88. The van der Waals surface area contributed by atoms with Gasteiger partial charge in [-0.3, -0.25) is 4.79 Å². The minimum atomic E-state index is -4.86. The van der Waals surface area contributed by atoms with Gasteiger partial charge in [0.05, 0.1) is 11.4 Å². The van der Waals surface area contributed by atoms with Gasteiger partial charge in [-0.15, -0.1) is 0 Å². The third kappa shape index (κ3) is 2.87. The van der Waals surface area contributed by atoms with E-state index in [0.29, 0.717) is 12.6 Å². The Morgan fingerprint density at radius 2 is 2.00 bits per heavy atom. The molecule has 1 unspecified atom stereocenters. The van der Waals surface area contributed by atoms with Crippen LogP contribution in [0.25, 0.3) is 5.69 Å². The summed E-state index contributed by atoms with van der Waals surface area (Å²) in [6.45, 7) is 0.612. The van der Waals surface area contributed by atoms with Crippen LogP contribution in [0.1, 0.15) is 6.92 Å². The van der Waals surface area contributed by atoms with Gasteiger partial charge in [-0.2, -0.15) is 18.3 Å². The normalized spacial score (nSPS) is 14.5. The molecule has 21 heavy (non-hydrogen) atoms. The van der Waals surface area contributed by atoms with Crippen molar-refractivity contribution in [3.05, 3.63) is 36.9 Å². The van der Waals surface area contributed by atoms with Crippen molar-refractivity contribution in [2.24, 2.45) is 5.73 Å². The van der Waals surface area contributed by atoms with E-state index in [1.165, 1.54) is 23.4 Å². The highest BCUT2D eigenvalue weighted by molar-refractivity contribution is 5.99. The van der Waals surface area contributed by atoms with Gasteiger partial charge in [0.15, 0.2) is 5.54 Å². The number of hydrogen-bond acceptors (Lipinski definition) is 4. The van der Waals surface area contributed by atoms with E-state index in [9.17, 15) is 18.0 Å². The second kappa shape index (κ2) is 5.17. The summed E-state index contributed by atoms with van der Waals surface area (Å²) in [6.07, 6.45) is -2.24. The van der Waals surface area contributed by atoms with Crippen molar-refractivity contribution in [2.45, 2.75) is 18.6 Å². The lowest BCUT2D eigenvalue weighted by molar-refractivity contribution is -0.184. The van der Waals surface area contributed by atoms with Crippen LogP contribution in [0.15, 0.2) is 36.9 Å². The molecule has 1 heterocycles. The van der Waals surface area contributed by atoms with Crippen molar-refractivity contribution in [3.8, 4) is 5.69 Å². The van der Waals surface area contributed by atoms with Crippen LogP contribution in [0.4, 0.5) is 18.9 Å². The van der Waals surface area contributed by atoms with Gasteiger partial charge in [0.25, 0.3) is 5.91 Å². The van der Waals surface area contributed by atoms with Crippen LogP contribution in [0.5, 0.6) is 0 Å². The first kappa shape index (κ1) is 15.0. The van der Waals surface area contributed by atoms with Crippen LogP contribution in [-0.4, -0.2) is 32.4 Å². The van der Waals surface area contributed by atoms with E-state index in [-0.39, 0.29) is 5.69 Å². The van der Waals surface area contributed by atoms with E-state index in [0.717, 1.165) is 0 Å². The van der Waals surface area contributed by atoms with Gasteiger partial charge in [0.1, 0.15) is 12.7 Å². The molecule has 1 atom stereocenters. The molecule has 9 heteroatoms. The Morgan fingerprint density at radius 3 is 2.57 bits per heavy atom. The molecule has 3 N–H and O–H groups in total. The highest BCUT2D eigenvalue weighted by Crippen LogP contribution is 2.29. The quantitative estimate of drug-likeness (QED) is 0.899. The summed E-state index contributed by atoms with van der Waals surface area (Å²) in [5, 5.41) is 6.04. The number of nitrogens with zero attached hydrogens (tertiary/aromatic N) is 3. The molecule has 2 aromatic rings. The Kier molecular flexibility index (Phi) is 3.69. The molecule has 0 fully saturated rings. The fraction of sp³-hybridized carbons (Fsp3) is 0.250. The zero-order valence-electron chi connectivity index (χ0n) is 10.9. The maximum absolute atomic E-state index is 12.7. The summed E-state index contributed by atoms with van der Waals surface area (Å²) in [4.78, 5) is 15.5. The number of rotatable bonds is 3. The minimum absolute atomic E-state index is 0.147. The molecule has 0 aliphatic heterocycles. The minimum Gasteiger partial charge on any atom is -0.322 e. The zero-order chi connectivity index (χ0) is 15.7. The number of aromatic nitrogens is 3. The molecule has 1 aromatic heterocycles. The summed E-state index contributed by atoms with van der Waals surface area (Å²) < 4.78 is 39.6. The van der Waals surface area contributed by atoms with Gasteiger partial charge < -0.3 is 11.1 Å². The molecule has 112 valence electrons. The maximum atomic E-state index is 12.7. The Labute approximate surface area is 117 Å². The molecule has 0 radical (unpaired) electrons. The Bertz CT molecular complexity index is 637. The van der Waals surface area contributed by atoms with Crippen molar-refractivity contribution in [1.29, 1.82) is 0 Å². The van der Waals surface area contributed by atoms with Gasteiger partial charge in [-0.05, 0) is 19.1 Å². The van der Waals surface area contributed by atoms with Crippen LogP contribution in [0.3, 0.4) is 0 Å². The number of nitrogens with two attached hydrogens (primary N) is 1. The van der Waals surface area contributed by atoms with Crippen molar-refractivity contribution >= 4 is 11.6 Å². The number of para-hydroxylation sites is 2. The number of carbonyl (C=O) groups excluding carboxylic acids is 1. The number of nitrogens with one attached hydrogen (secondary N) is 1. The summed E-state index contributed by atoms with van der Waals surface area (Å²) in [7, 11) is 0. The average molecular weight is 299 g/mol. The van der Waals surface area contributed by atoms with Crippen molar-refractivity contribution in [2.75, 3.05) is 5.32 Å². The fourth-order valence-corrected chi connectivity index (χ4v) is 1.49. The summed E-state index contributed by atoms with van der Waals surface area (Å²) in [5.74, 6) is -1.36. The monoisotopic (exact) mass is 299 g/mol. The average Bonchev–Trinajstić information content (AvgIpc) is 2.91. The highest BCUT2D eigenvalue weighted by Gasteiger charge is 2.54. The molecule has 2 rings (SSSR count). The summed E-state index contributed by atoms with van der Waals surface area (Å²) >= 11 is 0. The smallest absolute Gasteiger partial charge is 0.322 e. The highest BCUT2D eigenvalue weighted by atomic mass is 19.4. The Balaban J connectivity index is 2.31. The number of halogens is 3. The van der Waals surface area contributed by atoms with Gasteiger partial charge in [-0.25, -0.2) is 9.67 Å². The summed E-state index contributed by atoms with van der Waals surface area (Å²) in [6, 6.07) is 6.24. The third-order valence-electron chi connectivity index (χ3n) is 2.88. The van der Waals surface area contributed by atoms with Crippen molar-refractivity contribution in [3.63, 3.8) is 0 Å². The molecule has 0 aliphatic carbocycles. The maximum Gasteiger partial charge on any atom is 0.415 e. The number of anilines is 1. The van der Waals surface area contributed by atoms with Crippen LogP contribution in [0.2, 0.25) is 0 Å². The number of hydrogen-bond donors (Lipinski definition) is 2. The van der Waals surface area contributed by atoms with Crippen LogP contribution < -0.4 is 11.1 Å². The van der Waals surface area contributed by atoms with E-state index in [2.05, 4.69) is 15.4 Å². The lowest BCUT2D eigenvalue weighted by Crippen LogP contribution is -2.59. The number of alkyl halides is 3. The van der Waals surface area contributed by atoms with Gasteiger partial charge >= 0.3 is 6.18 Å². The first-order chi connectivity index (χ1) is 9.73. The molecule has 1 amide bonds. The number of benzene rings is 1. The van der Waals surface area contributed by atoms with E-state index >= 15 is 0 Å². The summed E-state index contributed by atoms with van der Waals surface area (Å²) in [5.41, 5.74) is 2.61. The van der Waals surface area contributed by atoms with Crippen molar-refractivity contribution < 1.29 is 18.0 Å². The van der Waals surface area contributed by atoms with E-state index in [1.807, 2.05) is 0 Å². The first-order valence-electron chi connectivity index (χ1n) is 5.84. The predicted octanol–water partition coefficient (Wildman–Crippen LogP) is 1.49. The van der Waals surface area contributed by atoms with Crippen LogP contribution in [0, 0.1) is 0 Å². The SMILES string of the molecule is CC(N)(C(=O)Nc1ccccc1-n1cncn1)C(F)(F)F. The Hall–Kier alpha value is -2.42. The molecule has 6 nitrogen and oxygen atoms in total. The van der Waals surface area contributed by atoms with E-state index in [1.54, 1.807) is 18.2 Å².